The molecule has 1 aromatic heterocycles. The van der Waals surface area contributed by atoms with Gasteiger partial charge in [-0.2, -0.15) is 0 Å². The summed E-state index contributed by atoms with van der Waals surface area (Å²) in [4.78, 5) is 20.8. The molecule has 9 heteroatoms. The Morgan fingerprint density at radius 3 is 2.52 bits per heavy atom. The van der Waals surface area contributed by atoms with E-state index in [9.17, 15) is 4.79 Å². The number of nitrogens with zero attached hydrogens (tertiary/aromatic N) is 3. The highest BCUT2D eigenvalue weighted by Crippen LogP contribution is 2.28. The molecule has 0 atom stereocenters. The lowest BCUT2D eigenvalue weighted by Crippen LogP contribution is -2.53. The van der Waals surface area contributed by atoms with Crippen molar-refractivity contribution >= 4 is 35.8 Å². The van der Waals surface area contributed by atoms with Crippen molar-refractivity contribution in [1.82, 2.24) is 15.1 Å². The van der Waals surface area contributed by atoms with Gasteiger partial charge in [-0.05, 0) is 36.2 Å². The highest BCUT2D eigenvalue weighted by molar-refractivity contribution is 14.0. The number of piperazine rings is 1. The summed E-state index contributed by atoms with van der Waals surface area (Å²) in [6, 6.07) is 9.36. The molecule has 0 aliphatic carbocycles. The fourth-order valence-electron chi connectivity index (χ4n) is 3.34. The van der Waals surface area contributed by atoms with Crippen molar-refractivity contribution in [2.24, 2.45) is 4.99 Å². The van der Waals surface area contributed by atoms with Gasteiger partial charge in [0.1, 0.15) is 0 Å². The van der Waals surface area contributed by atoms with E-state index in [0.29, 0.717) is 45.1 Å². The maximum absolute atomic E-state index is 12.4. The molecule has 1 saturated heterocycles. The van der Waals surface area contributed by atoms with E-state index in [0.717, 1.165) is 29.4 Å². The Kier molecular flexibility index (Phi) is 9.96. The molecule has 0 spiro atoms. The van der Waals surface area contributed by atoms with Gasteiger partial charge >= 0.3 is 0 Å². The lowest BCUT2D eigenvalue weighted by molar-refractivity contribution is 0.0657. The van der Waals surface area contributed by atoms with Gasteiger partial charge in [0.05, 0.1) is 20.0 Å². The van der Waals surface area contributed by atoms with E-state index >= 15 is 0 Å². The van der Waals surface area contributed by atoms with Crippen LogP contribution >= 0.6 is 24.0 Å². The second kappa shape index (κ2) is 12.4. The van der Waals surface area contributed by atoms with Crippen LogP contribution in [0.15, 0.2) is 46.0 Å². The monoisotopic (exact) mass is 542 g/mol. The number of carbonyl (C=O) groups is 1. The molecule has 0 bridgehead atoms. The van der Waals surface area contributed by atoms with Crippen LogP contribution in [-0.2, 0) is 6.54 Å². The molecule has 3 rings (SSSR count). The average molecular weight is 542 g/mol. The smallest absolute Gasteiger partial charge is 0.289 e. The van der Waals surface area contributed by atoms with Crippen molar-refractivity contribution in [1.29, 1.82) is 0 Å². The van der Waals surface area contributed by atoms with E-state index in [1.165, 1.54) is 6.26 Å². The second-order valence-corrected chi connectivity index (χ2v) is 6.99. The van der Waals surface area contributed by atoms with Gasteiger partial charge in [0, 0.05) is 39.8 Å². The predicted octanol–water partition coefficient (Wildman–Crippen LogP) is 3.23. The number of ether oxygens (including phenoxy) is 2. The third-order valence-corrected chi connectivity index (χ3v) is 4.95. The minimum atomic E-state index is -0.0694. The van der Waals surface area contributed by atoms with Gasteiger partial charge in [0.2, 0.25) is 0 Å². The van der Waals surface area contributed by atoms with Crippen molar-refractivity contribution in [3.8, 4) is 11.5 Å². The maximum atomic E-state index is 12.4. The predicted molar refractivity (Wildman–Crippen MR) is 131 cm³/mol. The van der Waals surface area contributed by atoms with Crippen molar-refractivity contribution in [3.05, 3.63) is 47.9 Å². The molecule has 1 aliphatic heterocycles. The molecule has 8 nitrogen and oxygen atoms in total. The van der Waals surface area contributed by atoms with Gasteiger partial charge in [-0.1, -0.05) is 13.0 Å². The summed E-state index contributed by atoms with van der Waals surface area (Å²) in [5.74, 6) is 2.60. The standard InChI is InChI=1S/C22H30N4O4.HI/c1-4-13-29-18-8-7-17(15-20(18)28-3)16-24-22(23-2)26-11-9-25(10-12-26)21(27)19-6-5-14-30-19;/h5-8,14-15H,4,9-13,16H2,1-3H3,(H,23,24);1H. The van der Waals surface area contributed by atoms with Gasteiger partial charge in [-0.3, -0.25) is 9.79 Å². The summed E-state index contributed by atoms with van der Waals surface area (Å²) in [6.45, 7) is 6.01. The summed E-state index contributed by atoms with van der Waals surface area (Å²) in [7, 11) is 3.42. The van der Waals surface area contributed by atoms with E-state index in [1.807, 2.05) is 23.1 Å². The highest BCUT2D eigenvalue weighted by atomic mass is 127. The van der Waals surface area contributed by atoms with Crippen LogP contribution in [0.2, 0.25) is 0 Å². The number of hydrogen-bond donors (Lipinski definition) is 1. The largest absolute Gasteiger partial charge is 0.493 e. The third-order valence-electron chi connectivity index (χ3n) is 4.95. The molecule has 0 unspecified atom stereocenters. The zero-order valence-corrected chi connectivity index (χ0v) is 20.6. The van der Waals surface area contributed by atoms with Crippen molar-refractivity contribution in [3.63, 3.8) is 0 Å². The van der Waals surface area contributed by atoms with Gasteiger partial charge in [0.25, 0.3) is 5.91 Å². The average Bonchev–Trinajstić information content (AvgIpc) is 3.33. The van der Waals surface area contributed by atoms with E-state index in [4.69, 9.17) is 13.9 Å². The molecule has 1 fully saturated rings. The molecule has 1 N–H and O–H groups in total. The molecule has 1 amide bonds. The topological polar surface area (TPSA) is 79.5 Å². The highest BCUT2D eigenvalue weighted by Gasteiger charge is 2.25. The third kappa shape index (κ3) is 6.52. The van der Waals surface area contributed by atoms with Crippen LogP contribution in [0.5, 0.6) is 11.5 Å². The van der Waals surface area contributed by atoms with Gasteiger partial charge < -0.3 is 29.0 Å². The van der Waals surface area contributed by atoms with Gasteiger partial charge in [0.15, 0.2) is 23.2 Å². The van der Waals surface area contributed by atoms with Crippen molar-refractivity contribution in [2.45, 2.75) is 19.9 Å². The number of aliphatic imine (C=N–C) groups is 1. The number of rotatable bonds is 7. The van der Waals surface area contributed by atoms with Crippen LogP contribution in [0.1, 0.15) is 29.5 Å². The van der Waals surface area contributed by atoms with Crippen LogP contribution < -0.4 is 14.8 Å². The number of methoxy groups -OCH3 is 1. The number of guanidine groups is 1. The Morgan fingerprint density at radius 2 is 1.90 bits per heavy atom. The number of nitrogens with one attached hydrogen (secondary N) is 1. The maximum Gasteiger partial charge on any atom is 0.289 e. The molecule has 1 aromatic carbocycles. The quantitative estimate of drug-likeness (QED) is 0.329. The molecular weight excluding hydrogens is 511 g/mol. The number of halogens is 1. The lowest BCUT2D eigenvalue weighted by atomic mass is 10.2. The van der Waals surface area contributed by atoms with Crippen LogP contribution in [0, 0.1) is 0 Å². The van der Waals surface area contributed by atoms with Gasteiger partial charge in [-0.15, -0.1) is 24.0 Å². The summed E-state index contributed by atoms with van der Waals surface area (Å²) < 4.78 is 16.4. The molecule has 0 radical (unpaired) electrons. The first kappa shape index (κ1) is 24.8. The molecule has 31 heavy (non-hydrogen) atoms. The summed E-state index contributed by atoms with van der Waals surface area (Å²) in [5, 5.41) is 3.40. The number of hydrogen-bond acceptors (Lipinski definition) is 5. The Morgan fingerprint density at radius 1 is 1.16 bits per heavy atom. The van der Waals surface area contributed by atoms with E-state index in [-0.39, 0.29) is 29.9 Å². The Labute approximate surface area is 200 Å². The van der Waals surface area contributed by atoms with Crippen molar-refractivity contribution in [2.75, 3.05) is 46.9 Å². The Hall–Kier alpha value is -2.43. The normalized spacial score (nSPS) is 14.1. The molecular formula is C22H31IN4O4. The van der Waals surface area contributed by atoms with Crippen LogP contribution in [0.25, 0.3) is 0 Å². The fourth-order valence-corrected chi connectivity index (χ4v) is 3.34. The number of amides is 1. The van der Waals surface area contributed by atoms with E-state index < -0.39 is 0 Å². The zero-order valence-electron chi connectivity index (χ0n) is 18.3. The first-order valence-electron chi connectivity index (χ1n) is 10.2. The zero-order chi connectivity index (χ0) is 21.3. The molecule has 2 aromatic rings. The first-order valence-corrected chi connectivity index (χ1v) is 10.2. The molecule has 170 valence electrons. The van der Waals surface area contributed by atoms with E-state index in [2.05, 4.69) is 22.1 Å². The summed E-state index contributed by atoms with van der Waals surface area (Å²) >= 11 is 0. The summed E-state index contributed by atoms with van der Waals surface area (Å²) in [5.41, 5.74) is 1.07. The van der Waals surface area contributed by atoms with Crippen LogP contribution in [0.4, 0.5) is 0 Å². The minimum Gasteiger partial charge on any atom is -0.493 e. The van der Waals surface area contributed by atoms with E-state index in [1.54, 1.807) is 26.3 Å². The molecule has 1 aliphatic rings. The first-order chi connectivity index (χ1) is 14.7. The minimum absolute atomic E-state index is 0. The summed E-state index contributed by atoms with van der Waals surface area (Å²) in [6.07, 6.45) is 2.47. The van der Waals surface area contributed by atoms with Crippen molar-refractivity contribution < 1.29 is 18.7 Å². The lowest BCUT2D eigenvalue weighted by Gasteiger charge is -2.36. The number of furan rings is 1. The number of benzene rings is 1. The van der Waals surface area contributed by atoms with Gasteiger partial charge in [-0.25, -0.2) is 0 Å². The number of carbonyl (C=O) groups excluding carboxylic acids is 1. The Bertz CT molecular complexity index is 849. The molecule has 2 heterocycles. The molecule has 0 saturated carbocycles. The SMILES string of the molecule is CCCOc1ccc(CNC(=NC)N2CCN(C(=O)c3ccco3)CC2)cc1OC.I. The van der Waals surface area contributed by atoms with Crippen LogP contribution in [-0.4, -0.2) is 68.6 Å². The Balaban J connectivity index is 0.00000341. The second-order valence-electron chi connectivity index (χ2n) is 6.99. The van der Waals surface area contributed by atoms with Crippen LogP contribution in [0.3, 0.4) is 0 Å². The fraction of sp³-hybridized carbons (Fsp3) is 0.455.